The Hall–Kier alpha value is -0.810. The van der Waals surface area contributed by atoms with Crippen LogP contribution in [0.2, 0.25) is 0 Å². The van der Waals surface area contributed by atoms with Crippen LogP contribution in [0, 0.1) is 5.92 Å². The highest BCUT2D eigenvalue weighted by Gasteiger charge is 2.28. The Morgan fingerprint density at radius 2 is 1.71 bits per heavy atom. The molecule has 0 saturated carbocycles. The van der Waals surface area contributed by atoms with E-state index in [-0.39, 0.29) is 30.1 Å². The average Bonchev–Trinajstić information content (AvgIpc) is 2.58. The molecule has 2 amide bonds. The molecule has 1 fully saturated rings. The number of nitrogens with two attached hydrogens (primary N) is 1. The number of hydrogen-bond donors (Lipinski definition) is 1. The summed E-state index contributed by atoms with van der Waals surface area (Å²) in [6, 6.07) is 0. The summed E-state index contributed by atoms with van der Waals surface area (Å²) in [4.78, 5) is 28.4. The molecule has 6 heteroatoms. The molecule has 0 bridgehead atoms. The van der Waals surface area contributed by atoms with Crippen molar-refractivity contribution in [3.05, 3.63) is 0 Å². The van der Waals surface area contributed by atoms with Gasteiger partial charge in [-0.15, -0.1) is 12.4 Å². The Bertz CT molecular complexity index is 358. The van der Waals surface area contributed by atoms with E-state index in [4.69, 9.17) is 5.73 Å². The van der Waals surface area contributed by atoms with Crippen LogP contribution in [-0.4, -0.2) is 54.8 Å². The molecule has 1 heterocycles. The molecule has 0 atom stereocenters. The number of likely N-dealkylation sites (tertiary alicyclic amines) is 1. The minimum absolute atomic E-state index is 0. The van der Waals surface area contributed by atoms with E-state index in [2.05, 4.69) is 6.92 Å². The third-order valence-electron chi connectivity index (χ3n) is 4.76. The van der Waals surface area contributed by atoms with Crippen molar-refractivity contribution in [2.24, 2.45) is 11.7 Å². The molecule has 1 saturated heterocycles. The zero-order valence-corrected chi connectivity index (χ0v) is 16.3. The lowest BCUT2D eigenvalue weighted by molar-refractivity contribution is -0.140. The van der Waals surface area contributed by atoms with Gasteiger partial charge in [-0.25, -0.2) is 0 Å². The van der Waals surface area contributed by atoms with Crippen molar-refractivity contribution in [3.8, 4) is 0 Å². The van der Waals surface area contributed by atoms with E-state index in [0.717, 1.165) is 77.5 Å². The Morgan fingerprint density at radius 1 is 1.08 bits per heavy atom. The lowest BCUT2D eigenvalue weighted by Gasteiger charge is -2.33. The van der Waals surface area contributed by atoms with E-state index in [1.807, 2.05) is 16.8 Å². The maximum Gasteiger partial charge on any atom is 0.225 e. The number of rotatable bonds is 10. The number of piperidine rings is 1. The smallest absolute Gasteiger partial charge is 0.225 e. The largest absolute Gasteiger partial charge is 0.346 e. The molecule has 0 aliphatic carbocycles. The van der Waals surface area contributed by atoms with Crippen LogP contribution >= 0.6 is 12.4 Å². The first-order valence-electron chi connectivity index (χ1n) is 9.33. The van der Waals surface area contributed by atoms with Gasteiger partial charge in [-0.05, 0) is 38.6 Å². The zero-order chi connectivity index (χ0) is 17.1. The number of nitrogens with zero attached hydrogens (tertiary/aromatic N) is 2. The summed E-state index contributed by atoms with van der Waals surface area (Å²) in [6.45, 7) is 5.19. The Morgan fingerprint density at radius 3 is 2.29 bits per heavy atom. The van der Waals surface area contributed by atoms with E-state index in [9.17, 15) is 9.59 Å². The quantitative estimate of drug-likeness (QED) is 0.608. The molecular weight excluding hydrogens is 326 g/mol. The van der Waals surface area contributed by atoms with Gasteiger partial charge in [0.1, 0.15) is 0 Å². The lowest BCUT2D eigenvalue weighted by atomic mass is 9.95. The van der Waals surface area contributed by atoms with Gasteiger partial charge < -0.3 is 15.5 Å². The molecule has 2 N–H and O–H groups in total. The fourth-order valence-corrected chi connectivity index (χ4v) is 3.13. The lowest BCUT2D eigenvalue weighted by Crippen LogP contribution is -2.43. The highest BCUT2D eigenvalue weighted by Crippen LogP contribution is 2.20. The second-order valence-electron chi connectivity index (χ2n) is 6.72. The molecule has 24 heavy (non-hydrogen) atoms. The number of amides is 2. The summed E-state index contributed by atoms with van der Waals surface area (Å²) < 4.78 is 0. The summed E-state index contributed by atoms with van der Waals surface area (Å²) in [5.41, 5.74) is 5.47. The molecule has 0 aromatic rings. The molecule has 0 unspecified atom stereocenters. The molecule has 0 spiro atoms. The number of carbonyl (C=O) groups excluding carboxylic acids is 2. The van der Waals surface area contributed by atoms with Crippen LogP contribution in [0.1, 0.15) is 64.7 Å². The molecule has 0 aromatic carbocycles. The maximum atomic E-state index is 12.4. The summed E-state index contributed by atoms with van der Waals surface area (Å²) in [5.74, 6) is 0.612. The second-order valence-corrected chi connectivity index (χ2v) is 6.72. The van der Waals surface area contributed by atoms with Crippen LogP contribution < -0.4 is 5.73 Å². The van der Waals surface area contributed by atoms with Gasteiger partial charge in [0.25, 0.3) is 0 Å². The monoisotopic (exact) mass is 361 g/mol. The van der Waals surface area contributed by atoms with E-state index in [0.29, 0.717) is 6.42 Å². The van der Waals surface area contributed by atoms with Crippen molar-refractivity contribution in [1.29, 1.82) is 0 Å². The summed E-state index contributed by atoms with van der Waals surface area (Å²) in [7, 11) is 1.90. The minimum atomic E-state index is 0. The van der Waals surface area contributed by atoms with E-state index < -0.39 is 0 Å². The van der Waals surface area contributed by atoms with E-state index >= 15 is 0 Å². The van der Waals surface area contributed by atoms with Crippen molar-refractivity contribution in [3.63, 3.8) is 0 Å². The van der Waals surface area contributed by atoms with Gasteiger partial charge in [-0.3, -0.25) is 9.59 Å². The first kappa shape index (κ1) is 23.2. The first-order chi connectivity index (χ1) is 11.1. The molecule has 1 aliphatic rings. The standard InChI is InChI=1S/C18H35N3O2.ClH/c1-3-4-13-20(2)18(23)16-10-14-21(15-11-16)17(22)9-7-5-6-8-12-19;/h16H,3-15,19H2,1-2H3;1H. The predicted octanol–water partition coefficient (Wildman–Crippen LogP) is 2.81. The normalized spacial score (nSPS) is 15.0. The molecule has 1 aliphatic heterocycles. The van der Waals surface area contributed by atoms with Crippen LogP contribution in [0.25, 0.3) is 0 Å². The van der Waals surface area contributed by atoms with Crippen molar-refractivity contribution >= 4 is 24.2 Å². The molecule has 142 valence electrons. The molecule has 0 radical (unpaired) electrons. The number of carbonyl (C=O) groups is 2. The van der Waals surface area contributed by atoms with Gasteiger partial charge in [0.2, 0.25) is 11.8 Å². The zero-order valence-electron chi connectivity index (χ0n) is 15.5. The third-order valence-corrected chi connectivity index (χ3v) is 4.76. The van der Waals surface area contributed by atoms with Crippen LogP contribution in [0.5, 0.6) is 0 Å². The highest BCUT2D eigenvalue weighted by atomic mass is 35.5. The molecule has 5 nitrogen and oxygen atoms in total. The predicted molar refractivity (Wildman–Crippen MR) is 101 cm³/mol. The van der Waals surface area contributed by atoms with Gasteiger partial charge in [0.05, 0.1) is 0 Å². The number of unbranched alkanes of at least 4 members (excludes halogenated alkanes) is 4. The highest BCUT2D eigenvalue weighted by molar-refractivity contribution is 5.85. The first-order valence-corrected chi connectivity index (χ1v) is 9.33. The summed E-state index contributed by atoms with van der Waals surface area (Å²) in [6.07, 6.45) is 8.64. The van der Waals surface area contributed by atoms with Crippen LogP contribution in [0.3, 0.4) is 0 Å². The second kappa shape index (κ2) is 13.5. The average molecular weight is 362 g/mol. The van der Waals surface area contributed by atoms with Gasteiger partial charge in [0, 0.05) is 39.0 Å². The Balaban J connectivity index is 0.00000529. The van der Waals surface area contributed by atoms with E-state index in [1.165, 1.54) is 0 Å². The van der Waals surface area contributed by atoms with Crippen molar-refractivity contribution in [2.45, 2.75) is 64.7 Å². The van der Waals surface area contributed by atoms with Crippen LogP contribution in [0.4, 0.5) is 0 Å². The van der Waals surface area contributed by atoms with Crippen molar-refractivity contribution < 1.29 is 9.59 Å². The molecule has 1 rings (SSSR count). The summed E-state index contributed by atoms with van der Waals surface area (Å²) >= 11 is 0. The van der Waals surface area contributed by atoms with Gasteiger partial charge in [0.15, 0.2) is 0 Å². The maximum absolute atomic E-state index is 12.4. The van der Waals surface area contributed by atoms with Gasteiger partial charge >= 0.3 is 0 Å². The van der Waals surface area contributed by atoms with E-state index in [1.54, 1.807) is 0 Å². The van der Waals surface area contributed by atoms with Crippen LogP contribution in [0.15, 0.2) is 0 Å². The topological polar surface area (TPSA) is 66.6 Å². The fourth-order valence-electron chi connectivity index (χ4n) is 3.13. The number of halogens is 1. The molecule has 0 aromatic heterocycles. The van der Waals surface area contributed by atoms with Crippen molar-refractivity contribution in [1.82, 2.24) is 9.80 Å². The van der Waals surface area contributed by atoms with Crippen molar-refractivity contribution in [2.75, 3.05) is 33.2 Å². The number of hydrogen-bond acceptors (Lipinski definition) is 3. The third kappa shape index (κ3) is 8.34. The Labute approximate surface area is 153 Å². The van der Waals surface area contributed by atoms with Crippen LogP contribution in [-0.2, 0) is 9.59 Å². The molecular formula is C18H36ClN3O2. The SMILES string of the molecule is CCCCN(C)C(=O)C1CCN(C(=O)CCCCCCN)CC1.Cl. The fraction of sp³-hybridized carbons (Fsp3) is 0.889. The minimum Gasteiger partial charge on any atom is -0.346 e. The van der Waals surface area contributed by atoms with Gasteiger partial charge in [-0.2, -0.15) is 0 Å². The van der Waals surface area contributed by atoms with Gasteiger partial charge in [-0.1, -0.05) is 26.2 Å². The summed E-state index contributed by atoms with van der Waals surface area (Å²) in [5, 5.41) is 0. The Kier molecular flexibility index (Phi) is 13.0.